The SMILES string of the molecule is O=C(Nc1ccc(Br)cc1)Nc1ccccc1-n1ccnc1. The van der Waals surface area contributed by atoms with Crippen LogP contribution in [0.15, 0.2) is 71.7 Å². The topological polar surface area (TPSA) is 59.0 Å². The Balaban J connectivity index is 1.76. The lowest BCUT2D eigenvalue weighted by atomic mass is 10.2. The minimum absolute atomic E-state index is 0.296. The van der Waals surface area contributed by atoms with Gasteiger partial charge in [0.15, 0.2) is 0 Å². The molecule has 0 aliphatic carbocycles. The molecule has 0 atom stereocenters. The number of urea groups is 1. The molecule has 110 valence electrons. The van der Waals surface area contributed by atoms with Crippen molar-refractivity contribution in [2.45, 2.75) is 0 Å². The zero-order valence-corrected chi connectivity index (χ0v) is 13.1. The van der Waals surface area contributed by atoms with E-state index in [1.807, 2.05) is 59.3 Å². The van der Waals surface area contributed by atoms with E-state index in [0.29, 0.717) is 5.69 Å². The first kappa shape index (κ1) is 14.3. The van der Waals surface area contributed by atoms with E-state index in [2.05, 4.69) is 31.5 Å². The molecule has 2 N–H and O–H groups in total. The number of imidazole rings is 1. The molecule has 0 unspecified atom stereocenters. The highest BCUT2D eigenvalue weighted by Crippen LogP contribution is 2.20. The van der Waals surface area contributed by atoms with Gasteiger partial charge in [-0.2, -0.15) is 0 Å². The molecule has 0 radical (unpaired) electrons. The normalized spacial score (nSPS) is 10.2. The average Bonchev–Trinajstić information content (AvgIpc) is 3.04. The molecule has 2 amide bonds. The highest BCUT2D eigenvalue weighted by Gasteiger charge is 2.07. The van der Waals surface area contributed by atoms with Crippen LogP contribution in [0.5, 0.6) is 0 Å². The molecule has 0 saturated heterocycles. The summed E-state index contributed by atoms with van der Waals surface area (Å²) in [6.07, 6.45) is 5.21. The van der Waals surface area contributed by atoms with Gasteiger partial charge in [0.1, 0.15) is 0 Å². The van der Waals surface area contributed by atoms with Crippen molar-refractivity contribution in [3.8, 4) is 5.69 Å². The predicted octanol–water partition coefficient (Wildman–Crippen LogP) is 4.28. The fourth-order valence-electron chi connectivity index (χ4n) is 2.02. The zero-order chi connectivity index (χ0) is 15.4. The van der Waals surface area contributed by atoms with Crippen LogP contribution in [0.4, 0.5) is 16.2 Å². The van der Waals surface area contributed by atoms with Crippen LogP contribution in [-0.4, -0.2) is 15.6 Å². The molecule has 5 nitrogen and oxygen atoms in total. The predicted molar refractivity (Wildman–Crippen MR) is 90.3 cm³/mol. The van der Waals surface area contributed by atoms with E-state index < -0.39 is 0 Å². The van der Waals surface area contributed by atoms with Crippen LogP contribution in [0, 0.1) is 0 Å². The van der Waals surface area contributed by atoms with E-state index in [4.69, 9.17) is 0 Å². The maximum absolute atomic E-state index is 12.1. The Hall–Kier alpha value is -2.60. The zero-order valence-electron chi connectivity index (χ0n) is 11.5. The van der Waals surface area contributed by atoms with Crippen LogP contribution < -0.4 is 10.6 Å². The second-order valence-electron chi connectivity index (χ2n) is 4.57. The van der Waals surface area contributed by atoms with Crippen molar-refractivity contribution in [1.82, 2.24) is 9.55 Å². The second-order valence-corrected chi connectivity index (χ2v) is 5.49. The Kier molecular flexibility index (Phi) is 4.20. The second kappa shape index (κ2) is 6.44. The number of carbonyl (C=O) groups is 1. The van der Waals surface area contributed by atoms with Gasteiger partial charge in [0, 0.05) is 22.6 Å². The molecule has 0 aliphatic rings. The van der Waals surface area contributed by atoms with E-state index in [0.717, 1.165) is 15.8 Å². The minimum Gasteiger partial charge on any atom is -0.308 e. The maximum atomic E-state index is 12.1. The van der Waals surface area contributed by atoms with Crippen molar-refractivity contribution in [2.24, 2.45) is 0 Å². The van der Waals surface area contributed by atoms with Crippen molar-refractivity contribution in [1.29, 1.82) is 0 Å². The van der Waals surface area contributed by atoms with E-state index in [1.54, 1.807) is 12.5 Å². The first-order chi connectivity index (χ1) is 10.7. The minimum atomic E-state index is -0.296. The third-order valence-electron chi connectivity index (χ3n) is 3.04. The Morgan fingerprint density at radius 3 is 2.55 bits per heavy atom. The number of nitrogens with zero attached hydrogens (tertiary/aromatic N) is 2. The lowest BCUT2D eigenvalue weighted by molar-refractivity contribution is 0.262. The van der Waals surface area contributed by atoms with Gasteiger partial charge < -0.3 is 15.2 Å². The van der Waals surface area contributed by atoms with Gasteiger partial charge in [-0.3, -0.25) is 0 Å². The average molecular weight is 357 g/mol. The van der Waals surface area contributed by atoms with Gasteiger partial charge in [0.05, 0.1) is 17.7 Å². The molecule has 0 saturated carbocycles. The number of halogens is 1. The summed E-state index contributed by atoms with van der Waals surface area (Å²) >= 11 is 3.36. The molecule has 3 aromatic rings. The van der Waals surface area contributed by atoms with Crippen LogP contribution in [-0.2, 0) is 0 Å². The van der Waals surface area contributed by atoms with Crippen LogP contribution in [0.1, 0.15) is 0 Å². The first-order valence-electron chi connectivity index (χ1n) is 6.63. The number of rotatable bonds is 3. The number of nitrogens with one attached hydrogen (secondary N) is 2. The summed E-state index contributed by atoms with van der Waals surface area (Å²) in [5.41, 5.74) is 2.28. The summed E-state index contributed by atoms with van der Waals surface area (Å²) in [5, 5.41) is 5.65. The molecule has 0 spiro atoms. The van der Waals surface area contributed by atoms with Crippen molar-refractivity contribution >= 4 is 33.3 Å². The summed E-state index contributed by atoms with van der Waals surface area (Å²) in [6.45, 7) is 0. The molecular formula is C16H13BrN4O. The van der Waals surface area contributed by atoms with E-state index in [1.165, 1.54) is 0 Å². The Morgan fingerprint density at radius 1 is 1.05 bits per heavy atom. The van der Waals surface area contributed by atoms with Gasteiger partial charge in [-0.1, -0.05) is 28.1 Å². The van der Waals surface area contributed by atoms with Crippen molar-refractivity contribution < 1.29 is 4.79 Å². The molecule has 1 heterocycles. The summed E-state index contributed by atoms with van der Waals surface area (Å²) in [5.74, 6) is 0. The summed E-state index contributed by atoms with van der Waals surface area (Å²) in [4.78, 5) is 16.2. The molecule has 0 fully saturated rings. The fourth-order valence-corrected chi connectivity index (χ4v) is 2.29. The summed E-state index contributed by atoms with van der Waals surface area (Å²) in [6, 6.07) is 14.6. The highest BCUT2D eigenvalue weighted by atomic mass is 79.9. The standard InChI is InChI=1S/C16H13BrN4O/c17-12-5-7-13(8-6-12)19-16(22)20-14-3-1-2-4-15(14)21-10-9-18-11-21/h1-11H,(H2,19,20,22). The molecule has 1 aromatic heterocycles. The number of aromatic nitrogens is 2. The van der Waals surface area contributed by atoms with E-state index in [-0.39, 0.29) is 6.03 Å². The fraction of sp³-hybridized carbons (Fsp3) is 0. The smallest absolute Gasteiger partial charge is 0.308 e. The van der Waals surface area contributed by atoms with Crippen molar-refractivity contribution in [3.63, 3.8) is 0 Å². The van der Waals surface area contributed by atoms with Crippen molar-refractivity contribution in [3.05, 3.63) is 71.7 Å². The quantitative estimate of drug-likeness (QED) is 0.735. The number of para-hydroxylation sites is 2. The Morgan fingerprint density at radius 2 is 1.82 bits per heavy atom. The lowest BCUT2D eigenvalue weighted by Gasteiger charge is -2.12. The molecule has 22 heavy (non-hydrogen) atoms. The lowest BCUT2D eigenvalue weighted by Crippen LogP contribution is -2.20. The summed E-state index contributed by atoms with van der Waals surface area (Å²) < 4.78 is 2.80. The number of carbonyl (C=O) groups excluding carboxylic acids is 1. The monoisotopic (exact) mass is 356 g/mol. The van der Waals surface area contributed by atoms with E-state index >= 15 is 0 Å². The van der Waals surface area contributed by atoms with Crippen LogP contribution in [0.2, 0.25) is 0 Å². The van der Waals surface area contributed by atoms with Crippen LogP contribution in [0.3, 0.4) is 0 Å². The van der Waals surface area contributed by atoms with Crippen molar-refractivity contribution in [2.75, 3.05) is 10.6 Å². The molecule has 0 aliphatic heterocycles. The maximum Gasteiger partial charge on any atom is 0.323 e. The van der Waals surface area contributed by atoms with Crippen LogP contribution in [0.25, 0.3) is 5.69 Å². The number of amides is 2. The molecular weight excluding hydrogens is 344 g/mol. The molecule has 3 rings (SSSR count). The number of anilines is 2. The third kappa shape index (κ3) is 3.35. The van der Waals surface area contributed by atoms with Gasteiger partial charge >= 0.3 is 6.03 Å². The Labute approximate surface area is 136 Å². The number of hydrogen-bond donors (Lipinski definition) is 2. The van der Waals surface area contributed by atoms with Gasteiger partial charge in [0.25, 0.3) is 0 Å². The van der Waals surface area contributed by atoms with Gasteiger partial charge in [0.2, 0.25) is 0 Å². The van der Waals surface area contributed by atoms with E-state index in [9.17, 15) is 4.79 Å². The highest BCUT2D eigenvalue weighted by molar-refractivity contribution is 9.10. The third-order valence-corrected chi connectivity index (χ3v) is 3.57. The number of benzene rings is 2. The largest absolute Gasteiger partial charge is 0.323 e. The first-order valence-corrected chi connectivity index (χ1v) is 7.42. The van der Waals surface area contributed by atoms with Gasteiger partial charge in [-0.15, -0.1) is 0 Å². The van der Waals surface area contributed by atoms with Crippen LogP contribution >= 0.6 is 15.9 Å². The molecule has 0 bridgehead atoms. The van der Waals surface area contributed by atoms with Gasteiger partial charge in [-0.25, -0.2) is 9.78 Å². The van der Waals surface area contributed by atoms with Gasteiger partial charge in [-0.05, 0) is 36.4 Å². The Bertz CT molecular complexity index is 769. The summed E-state index contributed by atoms with van der Waals surface area (Å²) in [7, 11) is 0. The molecule has 6 heteroatoms. The molecule has 2 aromatic carbocycles. The number of hydrogen-bond acceptors (Lipinski definition) is 2.